The summed E-state index contributed by atoms with van der Waals surface area (Å²) in [5.41, 5.74) is 0.919. The van der Waals surface area contributed by atoms with Gasteiger partial charge in [-0.2, -0.15) is 0 Å². The zero-order valence-corrected chi connectivity index (χ0v) is 14.3. The van der Waals surface area contributed by atoms with Crippen LogP contribution in [0.5, 0.6) is 0 Å². The van der Waals surface area contributed by atoms with Crippen molar-refractivity contribution in [3.63, 3.8) is 0 Å². The van der Waals surface area contributed by atoms with Crippen LogP contribution >= 0.6 is 0 Å². The Balaban J connectivity index is 2.07. The zero-order chi connectivity index (χ0) is 18.1. The highest BCUT2D eigenvalue weighted by Crippen LogP contribution is 2.19. The number of pyridine rings is 1. The minimum absolute atomic E-state index is 0.111. The standard InChI is InChI=1S/C19H24FN3O2/c1-2-5-14(9-11-24)13-22-19(25)17-8-4-10-21-18(17)23-16-7-3-6-15(20)12-16/h3-4,6-8,10,12,14,24H,2,5,9,11,13H2,1H3,(H,21,23)(H,22,25). The zero-order valence-electron chi connectivity index (χ0n) is 14.3. The molecule has 0 fully saturated rings. The molecule has 0 aliphatic carbocycles. The average Bonchev–Trinajstić information content (AvgIpc) is 2.60. The molecule has 134 valence electrons. The number of hydrogen-bond acceptors (Lipinski definition) is 4. The van der Waals surface area contributed by atoms with E-state index < -0.39 is 0 Å². The Morgan fingerprint density at radius 1 is 1.28 bits per heavy atom. The summed E-state index contributed by atoms with van der Waals surface area (Å²) in [6, 6.07) is 9.34. The first kappa shape index (κ1) is 18.9. The first-order valence-electron chi connectivity index (χ1n) is 8.50. The van der Waals surface area contributed by atoms with Gasteiger partial charge < -0.3 is 15.7 Å². The molecule has 3 N–H and O–H groups in total. The van der Waals surface area contributed by atoms with Crippen LogP contribution in [0.3, 0.4) is 0 Å². The fourth-order valence-electron chi connectivity index (χ4n) is 2.66. The fraction of sp³-hybridized carbons (Fsp3) is 0.368. The second-order valence-electron chi connectivity index (χ2n) is 5.91. The molecule has 0 bridgehead atoms. The molecule has 1 atom stereocenters. The van der Waals surface area contributed by atoms with Gasteiger partial charge in [0, 0.05) is 25.0 Å². The predicted molar refractivity (Wildman–Crippen MR) is 96.4 cm³/mol. The topological polar surface area (TPSA) is 74.2 Å². The van der Waals surface area contributed by atoms with Crippen LogP contribution < -0.4 is 10.6 Å². The number of benzene rings is 1. The average molecular weight is 345 g/mol. The van der Waals surface area contributed by atoms with E-state index in [1.54, 1.807) is 30.5 Å². The van der Waals surface area contributed by atoms with Gasteiger partial charge >= 0.3 is 0 Å². The number of hydrogen-bond donors (Lipinski definition) is 3. The van der Waals surface area contributed by atoms with Crippen LogP contribution in [0.25, 0.3) is 0 Å². The number of nitrogens with zero attached hydrogens (tertiary/aromatic N) is 1. The highest BCUT2D eigenvalue weighted by molar-refractivity contribution is 5.99. The van der Waals surface area contributed by atoms with Crippen molar-refractivity contribution in [1.29, 1.82) is 0 Å². The maximum Gasteiger partial charge on any atom is 0.255 e. The molecule has 1 aromatic heterocycles. The lowest BCUT2D eigenvalue weighted by molar-refractivity contribution is 0.0943. The van der Waals surface area contributed by atoms with Crippen LogP contribution in [-0.2, 0) is 0 Å². The smallest absolute Gasteiger partial charge is 0.255 e. The number of nitrogens with one attached hydrogen (secondary N) is 2. The van der Waals surface area contributed by atoms with E-state index in [1.165, 1.54) is 12.1 Å². The van der Waals surface area contributed by atoms with Crippen LogP contribution in [0.4, 0.5) is 15.9 Å². The minimum atomic E-state index is -0.363. The van der Waals surface area contributed by atoms with Gasteiger partial charge in [0.1, 0.15) is 11.6 Å². The van der Waals surface area contributed by atoms with Gasteiger partial charge in [0.15, 0.2) is 0 Å². The summed E-state index contributed by atoms with van der Waals surface area (Å²) in [7, 11) is 0. The van der Waals surface area contributed by atoms with Gasteiger partial charge in [0.25, 0.3) is 5.91 Å². The van der Waals surface area contributed by atoms with Gasteiger partial charge in [-0.1, -0.05) is 19.4 Å². The van der Waals surface area contributed by atoms with Crippen LogP contribution in [0.15, 0.2) is 42.6 Å². The summed E-state index contributed by atoms with van der Waals surface area (Å²) in [5.74, 6) is 0.0134. The lowest BCUT2D eigenvalue weighted by atomic mass is 10.00. The van der Waals surface area contributed by atoms with Crippen molar-refractivity contribution in [2.45, 2.75) is 26.2 Å². The van der Waals surface area contributed by atoms with Crippen LogP contribution in [0, 0.1) is 11.7 Å². The number of aliphatic hydroxyl groups is 1. The monoisotopic (exact) mass is 345 g/mol. The summed E-state index contributed by atoms with van der Waals surface area (Å²) in [5, 5.41) is 15.0. The molecule has 0 aliphatic rings. The summed E-state index contributed by atoms with van der Waals surface area (Å²) in [4.78, 5) is 16.7. The van der Waals surface area contributed by atoms with Crippen molar-refractivity contribution in [3.8, 4) is 0 Å². The first-order valence-corrected chi connectivity index (χ1v) is 8.50. The number of rotatable bonds is 9. The number of halogens is 1. The molecule has 2 rings (SSSR count). The van der Waals surface area contributed by atoms with Crippen molar-refractivity contribution in [3.05, 3.63) is 54.0 Å². The second kappa shape index (κ2) is 9.74. The molecule has 0 spiro atoms. The maximum absolute atomic E-state index is 13.3. The van der Waals surface area contributed by atoms with Crippen LogP contribution in [0.2, 0.25) is 0 Å². The van der Waals surface area contributed by atoms with Crippen molar-refractivity contribution >= 4 is 17.4 Å². The van der Waals surface area contributed by atoms with E-state index in [1.807, 2.05) is 0 Å². The van der Waals surface area contributed by atoms with Crippen molar-refractivity contribution in [1.82, 2.24) is 10.3 Å². The molecule has 1 unspecified atom stereocenters. The third-order valence-corrected chi connectivity index (χ3v) is 3.93. The van der Waals surface area contributed by atoms with Crippen molar-refractivity contribution in [2.75, 3.05) is 18.5 Å². The van der Waals surface area contributed by atoms with Gasteiger partial charge in [0.2, 0.25) is 0 Å². The highest BCUT2D eigenvalue weighted by Gasteiger charge is 2.15. The van der Waals surface area contributed by atoms with Crippen molar-refractivity contribution < 1.29 is 14.3 Å². The second-order valence-corrected chi connectivity index (χ2v) is 5.91. The Kier molecular flexibility index (Phi) is 7.35. The number of aliphatic hydroxyl groups excluding tert-OH is 1. The Labute approximate surface area is 147 Å². The predicted octanol–water partition coefficient (Wildman–Crippen LogP) is 3.49. The lowest BCUT2D eigenvalue weighted by Crippen LogP contribution is -2.30. The quantitative estimate of drug-likeness (QED) is 0.650. The van der Waals surface area contributed by atoms with E-state index >= 15 is 0 Å². The van der Waals surface area contributed by atoms with E-state index in [9.17, 15) is 9.18 Å². The lowest BCUT2D eigenvalue weighted by Gasteiger charge is -2.16. The van der Waals surface area contributed by atoms with Gasteiger partial charge in [-0.15, -0.1) is 0 Å². The van der Waals surface area contributed by atoms with E-state index in [0.717, 1.165) is 12.8 Å². The van der Waals surface area contributed by atoms with Gasteiger partial charge in [0.05, 0.1) is 5.56 Å². The number of aromatic nitrogens is 1. The SMILES string of the molecule is CCCC(CCO)CNC(=O)c1cccnc1Nc1cccc(F)c1. The Hall–Kier alpha value is -2.47. The van der Waals surface area contributed by atoms with E-state index in [4.69, 9.17) is 5.11 Å². The molecular formula is C19H24FN3O2. The van der Waals surface area contributed by atoms with Crippen LogP contribution in [-0.4, -0.2) is 29.1 Å². The fourth-order valence-corrected chi connectivity index (χ4v) is 2.66. The molecule has 1 amide bonds. The molecule has 25 heavy (non-hydrogen) atoms. The van der Waals surface area contributed by atoms with Crippen molar-refractivity contribution in [2.24, 2.45) is 5.92 Å². The normalized spacial score (nSPS) is 11.8. The van der Waals surface area contributed by atoms with Crippen LogP contribution in [0.1, 0.15) is 36.5 Å². The molecule has 5 nitrogen and oxygen atoms in total. The molecule has 1 aromatic carbocycles. The first-order chi connectivity index (χ1) is 12.1. The number of carbonyl (C=O) groups is 1. The van der Waals surface area contributed by atoms with E-state index in [2.05, 4.69) is 22.5 Å². The number of anilines is 2. The van der Waals surface area contributed by atoms with Gasteiger partial charge in [-0.25, -0.2) is 9.37 Å². The summed E-state index contributed by atoms with van der Waals surface area (Å²) >= 11 is 0. The Morgan fingerprint density at radius 3 is 2.84 bits per heavy atom. The molecule has 6 heteroatoms. The summed E-state index contributed by atoms with van der Waals surface area (Å²) in [6.45, 7) is 2.69. The molecular weight excluding hydrogens is 321 g/mol. The molecule has 0 aliphatic heterocycles. The van der Waals surface area contributed by atoms with E-state index in [-0.39, 0.29) is 24.2 Å². The minimum Gasteiger partial charge on any atom is -0.396 e. The summed E-state index contributed by atoms with van der Waals surface area (Å²) in [6.07, 6.45) is 4.18. The Bertz CT molecular complexity index is 688. The van der Waals surface area contributed by atoms with E-state index in [0.29, 0.717) is 30.0 Å². The molecule has 0 saturated carbocycles. The van der Waals surface area contributed by atoms with Gasteiger partial charge in [-0.05, 0) is 49.1 Å². The molecule has 1 heterocycles. The highest BCUT2D eigenvalue weighted by atomic mass is 19.1. The number of carbonyl (C=O) groups excluding carboxylic acids is 1. The third kappa shape index (κ3) is 5.83. The molecule has 0 saturated heterocycles. The summed E-state index contributed by atoms with van der Waals surface area (Å²) < 4.78 is 13.3. The Morgan fingerprint density at radius 2 is 2.12 bits per heavy atom. The molecule has 0 radical (unpaired) electrons. The third-order valence-electron chi connectivity index (χ3n) is 3.93. The molecule has 2 aromatic rings. The van der Waals surface area contributed by atoms with Gasteiger partial charge in [-0.3, -0.25) is 4.79 Å². The largest absolute Gasteiger partial charge is 0.396 e. The number of amides is 1. The maximum atomic E-state index is 13.3.